The summed E-state index contributed by atoms with van der Waals surface area (Å²) in [6.45, 7) is 0.0455. The SMILES string of the molecule is O=C(CCN1C(=O)c2ccccc2C1=O)Nc1cccnc1NC1CCCCC1. The summed E-state index contributed by atoms with van der Waals surface area (Å²) < 4.78 is 0. The summed E-state index contributed by atoms with van der Waals surface area (Å²) in [6.07, 6.45) is 7.59. The molecule has 4 rings (SSSR count). The molecule has 7 nitrogen and oxygen atoms in total. The molecular weight excluding hydrogens is 368 g/mol. The number of fused-ring (bicyclic) bond motifs is 1. The maximum atomic E-state index is 12.5. The van der Waals surface area contributed by atoms with E-state index in [1.807, 2.05) is 0 Å². The van der Waals surface area contributed by atoms with Gasteiger partial charge in [0.15, 0.2) is 0 Å². The molecule has 2 N–H and O–H groups in total. The van der Waals surface area contributed by atoms with Gasteiger partial charge in [0.2, 0.25) is 5.91 Å². The van der Waals surface area contributed by atoms with Crippen LogP contribution in [0.2, 0.25) is 0 Å². The number of hydrogen-bond acceptors (Lipinski definition) is 5. The first-order valence-corrected chi connectivity index (χ1v) is 10.1. The quantitative estimate of drug-likeness (QED) is 0.735. The van der Waals surface area contributed by atoms with E-state index in [1.54, 1.807) is 42.6 Å². The zero-order chi connectivity index (χ0) is 20.2. The predicted molar refractivity (Wildman–Crippen MR) is 110 cm³/mol. The average Bonchev–Trinajstić information content (AvgIpc) is 2.99. The van der Waals surface area contributed by atoms with Gasteiger partial charge in [-0.1, -0.05) is 31.4 Å². The van der Waals surface area contributed by atoms with Crippen molar-refractivity contribution in [1.29, 1.82) is 0 Å². The lowest BCUT2D eigenvalue weighted by atomic mass is 9.95. The first-order chi connectivity index (χ1) is 14.1. The number of benzene rings is 1. The smallest absolute Gasteiger partial charge is 0.261 e. The number of rotatable bonds is 6. The normalized spacial score (nSPS) is 16.6. The third kappa shape index (κ3) is 4.13. The lowest BCUT2D eigenvalue weighted by Crippen LogP contribution is -2.33. The van der Waals surface area contributed by atoms with Gasteiger partial charge in [0.1, 0.15) is 5.82 Å². The molecule has 0 unspecified atom stereocenters. The van der Waals surface area contributed by atoms with Gasteiger partial charge in [0.05, 0.1) is 16.8 Å². The fourth-order valence-corrected chi connectivity index (χ4v) is 3.93. The van der Waals surface area contributed by atoms with Gasteiger partial charge < -0.3 is 10.6 Å². The van der Waals surface area contributed by atoms with Crippen LogP contribution in [0.1, 0.15) is 59.2 Å². The van der Waals surface area contributed by atoms with Crippen molar-refractivity contribution in [1.82, 2.24) is 9.88 Å². The Bertz CT molecular complexity index is 902. The van der Waals surface area contributed by atoms with Crippen LogP contribution in [0.15, 0.2) is 42.6 Å². The maximum absolute atomic E-state index is 12.5. The van der Waals surface area contributed by atoms with E-state index in [4.69, 9.17) is 0 Å². The highest BCUT2D eigenvalue weighted by atomic mass is 16.2. The van der Waals surface area contributed by atoms with Crippen LogP contribution in [0, 0.1) is 0 Å². The van der Waals surface area contributed by atoms with E-state index in [0.29, 0.717) is 28.7 Å². The van der Waals surface area contributed by atoms with Crippen molar-refractivity contribution in [3.05, 3.63) is 53.7 Å². The Morgan fingerprint density at radius 2 is 1.69 bits per heavy atom. The number of anilines is 2. The van der Waals surface area contributed by atoms with E-state index in [9.17, 15) is 14.4 Å². The molecule has 2 aliphatic rings. The molecule has 29 heavy (non-hydrogen) atoms. The topological polar surface area (TPSA) is 91.4 Å². The number of carbonyl (C=O) groups excluding carboxylic acids is 3. The molecule has 0 bridgehead atoms. The Balaban J connectivity index is 1.36. The maximum Gasteiger partial charge on any atom is 0.261 e. The minimum Gasteiger partial charge on any atom is -0.366 e. The molecule has 1 saturated carbocycles. The molecule has 0 spiro atoms. The van der Waals surface area contributed by atoms with Crippen LogP contribution < -0.4 is 10.6 Å². The Morgan fingerprint density at radius 3 is 2.38 bits per heavy atom. The van der Waals surface area contributed by atoms with Gasteiger partial charge in [-0.25, -0.2) is 4.98 Å². The van der Waals surface area contributed by atoms with Crippen LogP contribution >= 0.6 is 0 Å². The number of carbonyl (C=O) groups is 3. The van der Waals surface area contributed by atoms with Crippen molar-refractivity contribution >= 4 is 29.2 Å². The van der Waals surface area contributed by atoms with Gasteiger partial charge in [0.25, 0.3) is 11.8 Å². The third-order valence-corrected chi connectivity index (χ3v) is 5.47. The first kappa shape index (κ1) is 19.1. The van der Waals surface area contributed by atoms with Crippen LogP contribution in [0.25, 0.3) is 0 Å². The number of pyridine rings is 1. The van der Waals surface area contributed by atoms with Crippen molar-refractivity contribution in [2.75, 3.05) is 17.2 Å². The number of nitrogens with zero attached hydrogens (tertiary/aromatic N) is 2. The highest BCUT2D eigenvalue weighted by Gasteiger charge is 2.35. The fourth-order valence-electron chi connectivity index (χ4n) is 3.93. The fraction of sp³-hybridized carbons (Fsp3) is 0.364. The summed E-state index contributed by atoms with van der Waals surface area (Å²) in [5, 5.41) is 6.30. The highest BCUT2D eigenvalue weighted by molar-refractivity contribution is 6.21. The second kappa shape index (κ2) is 8.43. The Morgan fingerprint density at radius 1 is 1.00 bits per heavy atom. The molecule has 0 saturated heterocycles. The largest absolute Gasteiger partial charge is 0.366 e. The predicted octanol–water partition coefficient (Wildman–Crippen LogP) is 3.45. The highest BCUT2D eigenvalue weighted by Crippen LogP contribution is 2.26. The van der Waals surface area contributed by atoms with Crippen molar-refractivity contribution in [3.63, 3.8) is 0 Å². The monoisotopic (exact) mass is 392 g/mol. The molecule has 7 heteroatoms. The molecule has 1 aromatic heterocycles. The molecule has 1 aromatic carbocycles. The summed E-state index contributed by atoms with van der Waals surface area (Å²) in [6, 6.07) is 10.7. The van der Waals surface area contributed by atoms with E-state index in [-0.39, 0.29) is 30.7 Å². The second-order valence-electron chi connectivity index (χ2n) is 7.48. The summed E-state index contributed by atoms with van der Waals surface area (Å²) >= 11 is 0. The molecule has 2 aromatic rings. The zero-order valence-electron chi connectivity index (χ0n) is 16.2. The lowest BCUT2D eigenvalue weighted by molar-refractivity contribution is -0.116. The first-order valence-electron chi connectivity index (χ1n) is 10.1. The number of imide groups is 1. The molecule has 1 fully saturated rings. The Hall–Kier alpha value is -3.22. The van der Waals surface area contributed by atoms with Gasteiger partial charge >= 0.3 is 0 Å². The van der Waals surface area contributed by atoms with Crippen molar-refractivity contribution < 1.29 is 14.4 Å². The van der Waals surface area contributed by atoms with Crippen molar-refractivity contribution in [3.8, 4) is 0 Å². The van der Waals surface area contributed by atoms with Crippen LogP contribution in [0.4, 0.5) is 11.5 Å². The number of amides is 3. The van der Waals surface area contributed by atoms with E-state index in [1.165, 1.54) is 19.3 Å². The molecule has 2 heterocycles. The van der Waals surface area contributed by atoms with Crippen LogP contribution in [0.3, 0.4) is 0 Å². The Labute approximate surface area is 169 Å². The molecule has 3 amide bonds. The summed E-state index contributed by atoms with van der Waals surface area (Å²) in [5.74, 6) is -0.298. The summed E-state index contributed by atoms with van der Waals surface area (Å²) in [5.41, 5.74) is 1.40. The number of hydrogen-bond donors (Lipinski definition) is 2. The summed E-state index contributed by atoms with van der Waals surface area (Å²) in [4.78, 5) is 42.8. The van der Waals surface area contributed by atoms with Gasteiger partial charge in [-0.05, 0) is 37.1 Å². The molecular formula is C22H24N4O3. The molecule has 0 atom stereocenters. The third-order valence-electron chi connectivity index (χ3n) is 5.47. The standard InChI is InChI=1S/C22H24N4O3/c27-19(12-14-26-21(28)16-9-4-5-10-17(16)22(26)29)25-18-11-6-13-23-20(18)24-15-7-2-1-3-8-15/h4-6,9-11,13,15H,1-3,7-8,12,14H2,(H,23,24)(H,25,27). The molecule has 1 aliphatic heterocycles. The molecule has 1 aliphatic carbocycles. The van der Waals surface area contributed by atoms with Gasteiger partial charge in [-0.15, -0.1) is 0 Å². The van der Waals surface area contributed by atoms with E-state index in [2.05, 4.69) is 15.6 Å². The molecule has 150 valence electrons. The van der Waals surface area contributed by atoms with Crippen molar-refractivity contribution in [2.45, 2.75) is 44.6 Å². The van der Waals surface area contributed by atoms with Gasteiger partial charge in [-0.2, -0.15) is 0 Å². The van der Waals surface area contributed by atoms with Crippen molar-refractivity contribution in [2.24, 2.45) is 0 Å². The number of aromatic nitrogens is 1. The van der Waals surface area contributed by atoms with E-state index >= 15 is 0 Å². The number of nitrogens with one attached hydrogen (secondary N) is 2. The molecule has 0 radical (unpaired) electrons. The van der Waals surface area contributed by atoms with Gasteiger partial charge in [0, 0.05) is 25.2 Å². The minimum absolute atomic E-state index is 0.0310. The van der Waals surface area contributed by atoms with Crippen LogP contribution in [0.5, 0.6) is 0 Å². The van der Waals surface area contributed by atoms with E-state index in [0.717, 1.165) is 17.7 Å². The second-order valence-corrected chi connectivity index (χ2v) is 7.48. The minimum atomic E-state index is -0.348. The van der Waals surface area contributed by atoms with Gasteiger partial charge in [-0.3, -0.25) is 19.3 Å². The van der Waals surface area contributed by atoms with Crippen LogP contribution in [-0.2, 0) is 4.79 Å². The Kier molecular flexibility index (Phi) is 5.55. The van der Waals surface area contributed by atoms with Crippen LogP contribution in [-0.4, -0.2) is 40.2 Å². The zero-order valence-corrected chi connectivity index (χ0v) is 16.2. The van der Waals surface area contributed by atoms with E-state index < -0.39 is 0 Å². The average molecular weight is 392 g/mol. The lowest BCUT2D eigenvalue weighted by Gasteiger charge is -2.24. The summed E-state index contributed by atoms with van der Waals surface area (Å²) in [7, 11) is 0.